The number of fused-ring (bicyclic) bond motifs is 1. The Balaban J connectivity index is 1.97. The van der Waals surface area contributed by atoms with Crippen LogP contribution in [0.1, 0.15) is 32.2 Å². The average Bonchev–Trinajstić information content (AvgIpc) is 3.15. The van der Waals surface area contributed by atoms with E-state index in [9.17, 15) is 27.6 Å². The van der Waals surface area contributed by atoms with Gasteiger partial charge in [0.25, 0.3) is 5.56 Å². The third-order valence-electron chi connectivity index (χ3n) is 6.35. The molecule has 13 heteroatoms. The number of hydroxylamine groups is 1. The molecule has 35 heavy (non-hydrogen) atoms. The number of aromatic nitrogens is 2. The molecule has 0 radical (unpaired) electrons. The van der Waals surface area contributed by atoms with Gasteiger partial charge in [-0.1, -0.05) is 18.1 Å². The van der Waals surface area contributed by atoms with E-state index in [1.54, 1.807) is 11.8 Å². The molecule has 2 unspecified atom stereocenters. The first-order valence-corrected chi connectivity index (χ1v) is 11.4. The summed E-state index contributed by atoms with van der Waals surface area (Å²) in [5.41, 5.74) is -1.41. The molecule has 1 saturated heterocycles. The molecule has 1 N–H and O–H groups in total. The minimum Gasteiger partial charge on any atom is -0.327 e. The Morgan fingerprint density at radius 1 is 1.23 bits per heavy atom. The smallest absolute Gasteiger partial charge is 0.327 e. The topological polar surface area (TPSA) is 92.0 Å². The largest absolute Gasteiger partial charge is 0.493 e. The van der Waals surface area contributed by atoms with Gasteiger partial charge in [-0.05, 0) is 26.2 Å². The predicted octanol–water partition coefficient (Wildman–Crippen LogP) is 0.687. The van der Waals surface area contributed by atoms with E-state index in [0.29, 0.717) is 45.4 Å². The van der Waals surface area contributed by atoms with Crippen molar-refractivity contribution in [3.63, 3.8) is 0 Å². The molecule has 2 aliphatic heterocycles. The molecule has 1 fully saturated rings. The number of nitrogens with one attached hydrogen (secondary N) is 1. The van der Waals surface area contributed by atoms with E-state index in [2.05, 4.69) is 17.2 Å². The van der Waals surface area contributed by atoms with Crippen LogP contribution in [0.4, 0.5) is 24.7 Å². The van der Waals surface area contributed by atoms with Crippen LogP contribution in [0.25, 0.3) is 0 Å². The van der Waals surface area contributed by atoms with Crippen molar-refractivity contribution in [3.8, 4) is 11.8 Å². The molecule has 10 nitrogen and oxygen atoms in total. The van der Waals surface area contributed by atoms with Crippen molar-refractivity contribution in [2.75, 3.05) is 42.7 Å². The zero-order valence-electron chi connectivity index (χ0n) is 19.5. The Kier molecular flexibility index (Phi) is 6.95. The molecular formula is C22H27F3N6O4. The number of carbonyl (C=O) groups excluding carboxylic acids is 1. The van der Waals surface area contributed by atoms with Crippen LogP contribution in [0.5, 0.6) is 0 Å². The van der Waals surface area contributed by atoms with Crippen LogP contribution in [-0.4, -0.2) is 65.2 Å². The Labute approximate surface area is 199 Å². The van der Waals surface area contributed by atoms with Gasteiger partial charge in [0.15, 0.2) is 17.8 Å². The van der Waals surface area contributed by atoms with Crippen molar-refractivity contribution >= 4 is 17.5 Å². The highest BCUT2D eigenvalue weighted by Crippen LogP contribution is 2.41. The maximum Gasteiger partial charge on any atom is 0.493 e. The summed E-state index contributed by atoms with van der Waals surface area (Å²) in [6, 6.07) is -0.430. The molecule has 190 valence electrons. The van der Waals surface area contributed by atoms with Crippen LogP contribution < -0.4 is 26.5 Å². The van der Waals surface area contributed by atoms with Gasteiger partial charge in [-0.15, -0.1) is 11.0 Å². The maximum atomic E-state index is 13.4. The number of alkyl halides is 3. The second kappa shape index (κ2) is 9.79. The summed E-state index contributed by atoms with van der Waals surface area (Å²) in [6.07, 6.45) is -0.884. The molecular weight excluding hydrogens is 469 g/mol. The van der Waals surface area contributed by atoms with Gasteiger partial charge in [-0.2, -0.15) is 13.2 Å². The number of nitrogens with zero attached hydrogens (tertiary/aromatic N) is 5. The third-order valence-corrected chi connectivity index (χ3v) is 6.35. The first-order valence-electron chi connectivity index (χ1n) is 11.4. The number of rotatable bonds is 4. The van der Waals surface area contributed by atoms with Crippen molar-refractivity contribution < 1.29 is 22.8 Å². The highest BCUT2D eigenvalue weighted by molar-refractivity contribution is 5.80. The van der Waals surface area contributed by atoms with Gasteiger partial charge in [-0.3, -0.25) is 18.8 Å². The van der Waals surface area contributed by atoms with Crippen molar-refractivity contribution in [1.29, 1.82) is 0 Å². The van der Waals surface area contributed by atoms with E-state index >= 15 is 0 Å². The van der Waals surface area contributed by atoms with Crippen LogP contribution in [0.2, 0.25) is 0 Å². The molecule has 0 amide bonds. The standard InChI is InChI=1S/C22H27F3N6O4/c1-3-4-12-29-16-17(30(15-8-6-5-7-9-15)21(34)27(2)18(16)32)31(35-19(33)22(23,24)25)20(29)28-13-10-26-11-14-28/h5-6,15,20,26H,7-14H2,1-2H3. The summed E-state index contributed by atoms with van der Waals surface area (Å²) in [6.45, 7) is 3.48. The van der Waals surface area contributed by atoms with E-state index < -0.39 is 35.7 Å². The summed E-state index contributed by atoms with van der Waals surface area (Å²) < 4.78 is 42.2. The van der Waals surface area contributed by atoms with Gasteiger partial charge in [0, 0.05) is 39.3 Å². The van der Waals surface area contributed by atoms with Crippen LogP contribution in [0.3, 0.4) is 0 Å². The van der Waals surface area contributed by atoms with E-state index in [4.69, 9.17) is 4.84 Å². The SMILES string of the molecule is CC#CCN1c2c(n(C3CC=CCC3)c(=O)n(C)c2=O)N(OC(=O)C(F)(F)F)C1N1CCNCC1. The molecule has 3 aliphatic rings. The highest BCUT2D eigenvalue weighted by Gasteiger charge is 2.51. The number of hydrogen-bond donors (Lipinski definition) is 1. The molecule has 1 aliphatic carbocycles. The minimum absolute atomic E-state index is 0.0177. The Bertz CT molecular complexity index is 1190. The van der Waals surface area contributed by atoms with E-state index in [1.807, 2.05) is 12.2 Å². The molecule has 0 bridgehead atoms. The van der Waals surface area contributed by atoms with Crippen LogP contribution in [-0.2, 0) is 16.7 Å². The fourth-order valence-electron chi connectivity index (χ4n) is 4.68. The van der Waals surface area contributed by atoms with Crippen molar-refractivity contribution in [2.24, 2.45) is 7.05 Å². The number of anilines is 2. The Morgan fingerprint density at radius 2 is 1.94 bits per heavy atom. The zero-order chi connectivity index (χ0) is 25.3. The van der Waals surface area contributed by atoms with E-state index in [1.165, 1.54) is 16.5 Å². The van der Waals surface area contributed by atoms with Crippen molar-refractivity contribution in [1.82, 2.24) is 19.4 Å². The molecule has 0 saturated carbocycles. The fraction of sp³-hybridized carbons (Fsp3) is 0.591. The van der Waals surface area contributed by atoms with Gasteiger partial charge in [-0.25, -0.2) is 9.59 Å². The lowest BCUT2D eigenvalue weighted by Gasteiger charge is -2.40. The van der Waals surface area contributed by atoms with Gasteiger partial charge in [0.2, 0.25) is 0 Å². The number of allylic oxidation sites excluding steroid dienone is 2. The molecule has 4 rings (SSSR count). The monoisotopic (exact) mass is 496 g/mol. The lowest BCUT2D eigenvalue weighted by Crippen LogP contribution is -2.61. The number of halogens is 3. The Morgan fingerprint density at radius 3 is 2.54 bits per heavy atom. The first-order chi connectivity index (χ1) is 16.7. The number of hydrogen-bond acceptors (Lipinski definition) is 8. The minimum atomic E-state index is -5.27. The molecule has 1 aromatic rings. The summed E-state index contributed by atoms with van der Waals surface area (Å²) >= 11 is 0. The fourth-order valence-corrected chi connectivity index (χ4v) is 4.68. The summed E-state index contributed by atoms with van der Waals surface area (Å²) in [7, 11) is 1.33. The summed E-state index contributed by atoms with van der Waals surface area (Å²) in [5, 5.41) is 3.95. The van der Waals surface area contributed by atoms with Gasteiger partial charge in [0.1, 0.15) is 0 Å². The van der Waals surface area contributed by atoms with Crippen molar-refractivity contribution in [2.45, 2.75) is 44.7 Å². The van der Waals surface area contributed by atoms with Crippen LogP contribution in [0.15, 0.2) is 21.7 Å². The molecule has 2 atom stereocenters. The van der Waals surface area contributed by atoms with Gasteiger partial charge >= 0.3 is 17.8 Å². The number of carbonyl (C=O) groups is 1. The normalized spacial score (nSPS) is 22.5. The highest BCUT2D eigenvalue weighted by atomic mass is 19.4. The number of piperazine rings is 1. The molecule has 1 aromatic heterocycles. The Hall–Kier alpha value is -3.24. The summed E-state index contributed by atoms with van der Waals surface area (Å²) in [4.78, 5) is 47.0. The first kappa shape index (κ1) is 24.9. The van der Waals surface area contributed by atoms with Crippen molar-refractivity contribution in [3.05, 3.63) is 33.0 Å². The summed E-state index contributed by atoms with van der Waals surface area (Å²) in [5.74, 6) is 3.01. The van der Waals surface area contributed by atoms with E-state index in [0.717, 1.165) is 9.63 Å². The maximum absolute atomic E-state index is 13.4. The van der Waals surface area contributed by atoms with Crippen LogP contribution in [0, 0.1) is 11.8 Å². The lowest BCUT2D eigenvalue weighted by atomic mass is 10.0. The lowest BCUT2D eigenvalue weighted by molar-refractivity contribution is -0.203. The van der Waals surface area contributed by atoms with Crippen LogP contribution >= 0.6 is 0 Å². The zero-order valence-corrected chi connectivity index (χ0v) is 19.5. The second-order valence-electron chi connectivity index (χ2n) is 8.52. The average molecular weight is 496 g/mol. The quantitative estimate of drug-likeness (QED) is 0.481. The van der Waals surface area contributed by atoms with E-state index in [-0.39, 0.29) is 18.1 Å². The molecule has 0 aromatic carbocycles. The third kappa shape index (κ3) is 4.55. The van der Waals surface area contributed by atoms with Gasteiger partial charge in [0.05, 0.1) is 6.54 Å². The second-order valence-corrected chi connectivity index (χ2v) is 8.52. The molecule has 0 spiro atoms. The predicted molar refractivity (Wildman–Crippen MR) is 122 cm³/mol. The molecule has 3 heterocycles. The van der Waals surface area contributed by atoms with Gasteiger partial charge < -0.3 is 15.1 Å².